The molecule has 0 spiro atoms. The lowest BCUT2D eigenvalue weighted by Crippen LogP contribution is -2.25. The SMILES string of the molecule is COc1cc(Cl)c(C)cc1NS(=O)(=O)c1ccc(C(=O)NC2CC2)cc1. The summed E-state index contributed by atoms with van der Waals surface area (Å²) in [6, 6.07) is 9.20. The molecule has 1 fully saturated rings. The maximum atomic E-state index is 12.6. The molecular weight excluding hydrogens is 376 g/mol. The Morgan fingerprint density at radius 2 is 1.85 bits per heavy atom. The van der Waals surface area contributed by atoms with Gasteiger partial charge in [-0.05, 0) is 55.7 Å². The average molecular weight is 395 g/mol. The highest BCUT2D eigenvalue weighted by Crippen LogP contribution is 2.32. The second-order valence-electron chi connectivity index (χ2n) is 6.18. The lowest BCUT2D eigenvalue weighted by atomic mass is 10.2. The zero-order valence-corrected chi connectivity index (χ0v) is 15.9. The van der Waals surface area contributed by atoms with Gasteiger partial charge in [0, 0.05) is 22.7 Å². The van der Waals surface area contributed by atoms with E-state index in [1.165, 1.54) is 31.4 Å². The molecule has 0 radical (unpaired) electrons. The van der Waals surface area contributed by atoms with Crippen molar-refractivity contribution in [3.05, 3.63) is 52.5 Å². The molecular formula is C18H19ClN2O4S. The van der Waals surface area contributed by atoms with Crippen molar-refractivity contribution in [2.45, 2.75) is 30.7 Å². The van der Waals surface area contributed by atoms with Gasteiger partial charge in [0.1, 0.15) is 5.75 Å². The molecule has 1 saturated carbocycles. The third-order valence-corrected chi connectivity index (χ3v) is 5.85. The molecule has 0 heterocycles. The summed E-state index contributed by atoms with van der Waals surface area (Å²) in [4.78, 5) is 12.0. The van der Waals surface area contributed by atoms with Crippen LogP contribution in [0.3, 0.4) is 0 Å². The second-order valence-corrected chi connectivity index (χ2v) is 8.27. The van der Waals surface area contributed by atoms with Gasteiger partial charge in [0.15, 0.2) is 0 Å². The largest absolute Gasteiger partial charge is 0.495 e. The Morgan fingerprint density at radius 3 is 2.42 bits per heavy atom. The van der Waals surface area contributed by atoms with E-state index in [9.17, 15) is 13.2 Å². The van der Waals surface area contributed by atoms with Gasteiger partial charge in [-0.25, -0.2) is 8.42 Å². The summed E-state index contributed by atoms with van der Waals surface area (Å²) in [7, 11) is -2.40. The number of aryl methyl sites for hydroxylation is 1. The normalized spacial score (nSPS) is 14.0. The van der Waals surface area contributed by atoms with Crippen molar-refractivity contribution in [2.75, 3.05) is 11.8 Å². The minimum absolute atomic E-state index is 0.0510. The molecule has 2 aromatic carbocycles. The predicted octanol–water partition coefficient (Wildman–Crippen LogP) is 3.35. The van der Waals surface area contributed by atoms with Gasteiger partial charge in [0.25, 0.3) is 15.9 Å². The fourth-order valence-corrected chi connectivity index (χ4v) is 3.61. The number of amides is 1. The predicted molar refractivity (Wildman–Crippen MR) is 100 cm³/mol. The number of hydrogen-bond acceptors (Lipinski definition) is 4. The van der Waals surface area contributed by atoms with Crippen molar-refractivity contribution in [3.8, 4) is 5.75 Å². The molecule has 2 aromatic rings. The molecule has 1 aliphatic rings. The number of carbonyl (C=O) groups is 1. The molecule has 0 aromatic heterocycles. The Hall–Kier alpha value is -2.25. The number of halogens is 1. The van der Waals surface area contributed by atoms with Crippen molar-refractivity contribution < 1.29 is 17.9 Å². The van der Waals surface area contributed by atoms with Crippen molar-refractivity contribution >= 4 is 33.2 Å². The molecule has 1 aliphatic carbocycles. The van der Waals surface area contributed by atoms with Gasteiger partial charge in [0.2, 0.25) is 0 Å². The molecule has 8 heteroatoms. The number of benzene rings is 2. The molecule has 0 saturated heterocycles. The Balaban J connectivity index is 1.82. The highest BCUT2D eigenvalue weighted by molar-refractivity contribution is 7.92. The van der Waals surface area contributed by atoms with Crippen molar-refractivity contribution in [1.82, 2.24) is 5.32 Å². The van der Waals surface area contributed by atoms with Gasteiger partial charge < -0.3 is 10.1 Å². The summed E-state index contributed by atoms with van der Waals surface area (Å²) in [5.74, 6) is 0.129. The van der Waals surface area contributed by atoms with Gasteiger partial charge in [-0.2, -0.15) is 0 Å². The summed E-state index contributed by atoms with van der Waals surface area (Å²) < 4.78 is 33.0. The summed E-state index contributed by atoms with van der Waals surface area (Å²) >= 11 is 6.05. The minimum Gasteiger partial charge on any atom is -0.495 e. The Bertz CT molecular complexity index is 938. The van der Waals surface area contributed by atoms with Crippen LogP contribution in [0.15, 0.2) is 41.3 Å². The Kier molecular flexibility index (Phi) is 5.11. The first-order chi connectivity index (χ1) is 12.3. The third kappa shape index (κ3) is 4.11. The standard InChI is InChI=1S/C18H19ClN2O4S/c1-11-9-16(17(25-2)10-15(11)19)21-26(23,24)14-7-3-12(4-8-14)18(22)20-13-5-6-13/h3-4,7-10,13,21H,5-6H2,1-2H3,(H,20,22). The topological polar surface area (TPSA) is 84.5 Å². The molecule has 0 atom stereocenters. The Labute approximate surface area is 157 Å². The third-order valence-electron chi connectivity index (χ3n) is 4.06. The van der Waals surface area contributed by atoms with Crippen LogP contribution in [0.2, 0.25) is 5.02 Å². The van der Waals surface area contributed by atoms with E-state index >= 15 is 0 Å². The summed E-state index contributed by atoms with van der Waals surface area (Å²) in [6.45, 7) is 1.77. The van der Waals surface area contributed by atoms with Gasteiger partial charge in [-0.15, -0.1) is 0 Å². The fourth-order valence-electron chi connectivity index (χ4n) is 2.40. The zero-order valence-electron chi connectivity index (χ0n) is 14.4. The highest BCUT2D eigenvalue weighted by atomic mass is 35.5. The first-order valence-electron chi connectivity index (χ1n) is 8.08. The van der Waals surface area contributed by atoms with Crippen LogP contribution in [0.5, 0.6) is 5.75 Å². The van der Waals surface area contributed by atoms with Crippen LogP contribution in [0.25, 0.3) is 0 Å². The highest BCUT2D eigenvalue weighted by Gasteiger charge is 2.24. The molecule has 138 valence electrons. The molecule has 6 nitrogen and oxygen atoms in total. The average Bonchev–Trinajstić information content (AvgIpc) is 3.41. The number of methoxy groups -OCH3 is 1. The maximum absolute atomic E-state index is 12.6. The second kappa shape index (κ2) is 7.17. The summed E-state index contributed by atoms with van der Waals surface area (Å²) in [5, 5.41) is 3.34. The number of anilines is 1. The molecule has 0 aliphatic heterocycles. The van der Waals surface area contributed by atoms with Crippen LogP contribution < -0.4 is 14.8 Å². The summed E-state index contributed by atoms with van der Waals surface area (Å²) in [5.41, 5.74) is 1.44. The van der Waals surface area contributed by atoms with Crippen molar-refractivity contribution in [1.29, 1.82) is 0 Å². The van der Waals surface area contributed by atoms with E-state index in [1.54, 1.807) is 19.1 Å². The first kappa shape index (κ1) is 18.5. The van der Waals surface area contributed by atoms with Crippen LogP contribution in [0.1, 0.15) is 28.8 Å². The number of nitrogens with one attached hydrogen (secondary N) is 2. The van der Waals surface area contributed by atoms with Crippen LogP contribution >= 0.6 is 11.6 Å². The number of carbonyl (C=O) groups excluding carboxylic acids is 1. The smallest absolute Gasteiger partial charge is 0.262 e. The van der Waals surface area contributed by atoms with Crippen LogP contribution in [0, 0.1) is 6.92 Å². The molecule has 0 unspecified atom stereocenters. The quantitative estimate of drug-likeness (QED) is 0.786. The number of hydrogen-bond donors (Lipinski definition) is 2. The van der Waals surface area contributed by atoms with E-state index in [1.807, 2.05) is 0 Å². The molecule has 2 N–H and O–H groups in total. The van der Waals surface area contributed by atoms with Crippen LogP contribution in [-0.4, -0.2) is 27.5 Å². The van der Waals surface area contributed by atoms with Crippen molar-refractivity contribution in [3.63, 3.8) is 0 Å². The lowest BCUT2D eigenvalue weighted by molar-refractivity contribution is 0.0951. The molecule has 0 bridgehead atoms. The van der Waals surface area contributed by atoms with E-state index < -0.39 is 10.0 Å². The monoisotopic (exact) mass is 394 g/mol. The van der Waals surface area contributed by atoms with Gasteiger partial charge >= 0.3 is 0 Å². The molecule has 26 heavy (non-hydrogen) atoms. The van der Waals surface area contributed by atoms with E-state index in [0.717, 1.165) is 18.4 Å². The fraction of sp³-hybridized carbons (Fsp3) is 0.278. The zero-order chi connectivity index (χ0) is 18.9. The molecule has 3 rings (SSSR count). The number of rotatable bonds is 6. The summed E-state index contributed by atoms with van der Waals surface area (Å²) in [6.07, 6.45) is 1.98. The molecule has 1 amide bonds. The maximum Gasteiger partial charge on any atom is 0.262 e. The first-order valence-corrected chi connectivity index (χ1v) is 9.94. The number of ether oxygens (including phenoxy) is 1. The lowest BCUT2D eigenvalue weighted by Gasteiger charge is -2.14. The van der Waals surface area contributed by atoms with E-state index in [2.05, 4.69) is 10.0 Å². The Morgan fingerprint density at radius 1 is 1.19 bits per heavy atom. The number of sulfonamides is 1. The van der Waals surface area contributed by atoms with Crippen LogP contribution in [0.4, 0.5) is 5.69 Å². The van der Waals surface area contributed by atoms with E-state index in [4.69, 9.17) is 16.3 Å². The van der Waals surface area contributed by atoms with Gasteiger partial charge in [0.05, 0.1) is 17.7 Å². The van der Waals surface area contributed by atoms with E-state index in [0.29, 0.717) is 22.0 Å². The van der Waals surface area contributed by atoms with Crippen molar-refractivity contribution in [2.24, 2.45) is 0 Å². The van der Waals surface area contributed by atoms with Gasteiger partial charge in [-0.3, -0.25) is 9.52 Å². The van der Waals surface area contributed by atoms with Gasteiger partial charge in [-0.1, -0.05) is 11.6 Å². The van der Waals surface area contributed by atoms with Crippen LogP contribution in [-0.2, 0) is 10.0 Å². The minimum atomic E-state index is -3.83. The van der Waals surface area contributed by atoms with E-state index in [-0.39, 0.29) is 16.8 Å².